The summed E-state index contributed by atoms with van der Waals surface area (Å²) < 4.78 is 9.85. The van der Waals surface area contributed by atoms with E-state index in [0.717, 1.165) is 0 Å². The minimum Gasteiger partial charge on any atom is -0.480 e. The molecule has 2 unspecified atom stereocenters. The molecule has 8 heteroatoms. The van der Waals surface area contributed by atoms with Crippen molar-refractivity contribution < 1.29 is 29.3 Å². The van der Waals surface area contributed by atoms with Crippen molar-refractivity contribution in [2.75, 3.05) is 33.5 Å². The van der Waals surface area contributed by atoms with E-state index in [2.05, 4.69) is 10.6 Å². The molecular weight excluding hydrogens is 244 g/mol. The number of carboxylic acid groups (broad SMARTS) is 1. The Labute approximate surface area is 105 Å². The van der Waals surface area contributed by atoms with E-state index < -0.39 is 24.1 Å². The van der Waals surface area contributed by atoms with Crippen molar-refractivity contribution in [2.24, 2.45) is 0 Å². The van der Waals surface area contributed by atoms with E-state index in [9.17, 15) is 9.59 Å². The van der Waals surface area contributed by atoms with Gasteiger partial charge in [-0.3, -0.25) is 0 Å². The van der Waals surface area contributed by atoms with Crippen molar-refractivity contribution >= 4 is 12.0 Å². The molecule has 0 saturated carbocycles. The smallest absolute Gasteiger partial charge is 0.328 e. The molecule has 0 radical (unpaired) electrons. The molecule has 0 saturated heterocycles. The number of hydrogen-bond donors (Lipinski definition) is 4. The number of carboxylic acids is 1. The minimum absolute atomic E-state index is 0.238. The van der Waals surface area contributed by atoms with E-state index in [1.54, 1.807) is 7.11 Å². The molecule has 0 aromatic rings. The van der Waals surface area contributed by atoms with Gasteiger partial charge >= 0.3 is 12.0 Å². The lowest BCUT2D eigenvalue weighted by Crippen LogP contribution is -2.51. The van der Waals surface area contributed by atoms with Crippen LogP contribution in [0, 0.1) is 0 Å². The Bertz CT molecular complexity index is 259. The number of aliphatic carboxylic acids is 1. The zero-order chi connectivity index (χ0) is 14.0. The number of amides is 2. The summed E-state index contributed by atoms with van der Waals surface area (Å²) in [4.78, 5) is 22.0. The molecular formula is C10H20N2O6. The van der Waals surface area contributed by atoms with Crippen LogP contribution in [0.1, 0.15) is 6.92 Å². The van der Waals surface area contributed by atoms with Crippen LogP contribution in [-0.2, 0) is 14.3 Å². The third-order valence-electron chi connectivity index (χ3n) is 2.00. The Morgan fingerprint density at radius 3 is 2.44 bits per heavy atom. The van der Waals surface area contributed by atoms with E-state index in [0.29, 0.717) is 19.8 Å². The molecule has 0 aliphatic carbocycles. The highest BCUT2D eigenvalue weighted by Crippen LogP contribution is 1.92. The molecule has 0 spiro atoms. The van der Waals surface area contributed by atoms with Crippen LogP contribution in [-0.4, -0.2) is 67.8 Å². The summed E-state index contributed by atoms with van der Waals surface area (Å²) in [6, 6.07) is -2.00. The molecule has 0 aliphatic heterocycles. The van der Waals surface area contributed by atoms with Gasteiger partial charge in [-0.25, -0.2) is 9.59 Å². The van der Waals surface area contributed by atoms with Crippen LogP contribution in [0.3, 0.4) is 0 Å². The Morgan fingerprint density at radius 2 is 1.94 bits per heavy atom. The number of urea groups is 1. The van der Waals surface area contributed by atoms with Crippen LogP contribution in [0.4, 0.5) is 4.79 Å². The summed E-state index contributed by atoms with van der Waals surface area (Å²) in [5.74, 6) is -1.29. The quantitative estimate of drug-likeness (QED) is 0.388. The topological polar surface area (TPSA) is 117 Å². The molecule has 0 rings (SSSR count). The standard InChI is InChI=1S/C10H20N2O6/c1-7(13)8(9(14)15)12-10(16)11-3-4-18-6-5-17-2/h7-8,13H,3-6H2,1-2H3,(H,14,15)(H2,11,12,16). The Hall–Kier alpha value is -1.38. The molecule has 4 N–H and O–H groups in total. The number of aliphatic hydroxyl groups is 1. The molecule has 106 valence electrons. The highest BCUT2D eigenvalue weighted by atomic mass is 16.5. The second-order valence-corrected chi connectivity index (χ2v) is 3.56. The van der Waals surface area contributed by atoms with Crippen molar-refractivity contribution in [3.63, 3.8) is 0 Å². The second kappa shape index (κ2) is 9.63. The van der Waals surface area contributed by atoms with E-state index in [1.165, 1.54) is 6.92 Å². The normalized spacial score (nSPS) is 13.7. The van der Waals surface area contributed by atoms with E-state index in [1.807, 2.05) is 0 Å². The SMILES string of the molecule is COCCOCCNC(=O)NC(C(=O)O)C(C)O. The van der Waals surface area contributed by atoms with Crippen LogP contribution < -0.4 is 10.6 Å². The van der Waals surface area contributed by atoms with Gasteiger partial charge in [-0.1, -0.05) is 0 Å². The van der Waals surface area contributed by atoms with Crippen LogP contribution in [0.2, 0.25) is 0 Å². The van der Waals surface area contributed by atoms with Gasteiger partial charge in [-0.05, 0) is 6.92 Å². The molecule has 0 aromatic carbocycles. The number of methoxy groups -OCH3 is 1. The first-order chi connectivity index (χ1) is 8.49. The van der Waals surface area contributed by atoms with Crippen molar-refractivity contribution in [1.29, 1.82) is 0 Å². The van der Waals surface area contributed by atoms with Gasteiger partial charge in [0.1, 0.15) is 0 Å². The van der Waals surface area contributed by atoms with Gasteiger partial charge in [0.05, 0.1) is 25.9 Å². The third-order valence-corrected chi connectivity index (χ3v) is 2.00. The summed E-state index contributed by atoms with van der Waals surface area (Å²) in [6.07, 6.45) is -1.17. The number of aliphatic hydroxyl groups excluding tert-OH is 1. The fourth-order valence-corrected chi connectivity index (χ4v) is 1.06. The first kappa shape index (κ1) is 16.6. The van der Waals surface area contributed by atoms with Crippen molar-refractivity contribution in [2.45, 2.75) is 19.1 Å². The Kier molecular flexibility index (Phi) is 8.89. The van der Waals surface area contributed by atoms with Gasteiger partial charge in [0.25, 0.3) is 0 Å². The lowest BCUT2D eigenvalue weighted by Gasteiger charge is -2.17. The molecule has 2 atom stereocenters. The lowest BCUT2D eigenvalue weighted by atomic mass is 10.2. The summed E-state index contributed by atoms with van der Waals surface area (Å²) >= 11 is 0. The van der Waals surface area contributed by atoms with Crippen LogP contribution in [0.5, 0.6) is 0 Å². The first-order valence-corrected chi connectivity index (χ1v) is 5.51. The number of carbonyl (C=O) groups excluding carboxylic acids is 1. The van der Waals surface area contributed by atoms with Crippen LogP contribution in [0.25, 0.3) is 0 Å². The summed E-state index contributed by atoms with van der Waals surface area (Å²) in [5.41, 5.74) is 0. The molecule has 2 amide bonds. The molecule has 0 aromatic heterocycles. The van der Waals surface area contributed by atoms with Crippen molar-refractivity contribution in [3.8, 4) is 0 Å². The van der Waals surface area contributed by atoms with Gasteiger partial charge in [-0.15, -0.1) is 0 Å². The predicted octanol–water partition coefficient (Wildman–Crippen LogP) is -1.22. The minimum atomic E-state index is -1.33. The molecule has 0 aliphatic rings. The zero-order valence-electron chi connectivity index (χ0n) is 10.5. The number of carbonyl (C=O) groups is 2. The number of hydrogen-bond acceptors (Lipinski definition) is 5. The average molecular weight is 264 g/mol. The Morgan fingerprint density at radius 1 is 1.28 bits per heavy atom. The van der Waals surface area contributed by atoms with Gasteiger partial charge < -0.3 is 30.3 Å². The van der Waals surface area contributed by atoms with Gasteiger partial charge in [0, 0.05) is 13.7 Å². The highest BCUT2D eigenvalue weighted by Gasteiger charge is 2.24. The average Bonchev–Trinajstić information content (AvgIpc) is 2.29. The highest BCUT2D eigenvalue weighted by molar-refractivity contribution is 5.82. The monoisotopic (exact) mass is 264 g/mol. The maximum Gasteiger partial charge on any atom is 0.328 e. The van der Waals surface area contributed by atoms with Gasteiger partial charge in [0.15, 0.2) is 6.04 Å². The molecule has 0 bridgehead atoms. The maximum absolute atomic E-state index is 11.3. The maximum atomic E-state index is 11.3. The Balaban J connectivity index is 3.72. The predicted molar refractivity (Wildman–Crippen MR) is 62.3 cm³/mol. The third kappa shape index (κ3) is 7.82. The van der Waals surface area contributed by atoms with E-state index >= 15 is 0 Å². The van der Waals surface area contributed by atoms with Crippen LogP contribution >= 0.6 is 0 Å². The van der Waals surface area contributed by atoms with Gasteiger partial charge in [-0.2, -0.15) is 0 Å². The fourth-order valence-electron chi connectivity index (χ4n) is 1.06. The molecule has 18 heavy (non-hydrogen) atoms. The van der Waals surface area contributed by atoms with E-state index in [4.69, 9.17) is 19.7 Å². The fraction of sp³-hybridized carbons (Fsp3) is 0.800. The second-order valence-electron chi connectivity index (χ2n) is 3.56. The molecule has 0 heterocycles. The van der Waals surface area contributed by atoms with Crippen molar-refractivity contribution in [1.82, 2.24) is 10.6 Å². The van der Waals surface area contributed by atoms with Crippen molar-refractivity contribution in [3.05, 3.63) is 0 Å². The first-order valence-electron chi connectivity index (χ1n) is 5.51. The largest absolute Gasteiger partial charge is 0.480 e. The number of nitrogens with one attached hydrogen (secondary N) is 2. The molecule has 8 nitrogen and oxygen atoms in total. The summed E-state index contributed by atoms with van der Waals surface area (Å²) in [5, 5.41) is 22.4. The number of ether oxygens (including phenoxy) is 2. The van der Waals surface area contributed by atoms with E-state index in [-0.39, 0.29) is 6.54 Å². The summed E-state index contributed by atoms with van der Waals surface area (Å²) in [6.45, 7) is 2.71. The zero-order valence-corrected chi connectivity index (χ0v) is 10.5. The lowest BCUT2D eigenvalue weighted by molar-refractivity contribution is -0.141. The van der Waals surface area contributed by atoms with Crippen LogP contribution in [0.15, 0.2) is 0 Å². The van der Waals surface area contributed by atoms with Gasteiger partial charge in [0.2, 0.25) is 0 Å². The molecule has 0 fully saturated rings. The number of rotatable bonds is 9. The summed E-state index contributed by atoms with van der Waals surface area (Å²) in [7, 11) is 1.55.